The van der Waals surface area contributed by atoms with E-state index < -0.39 is 5.97 Å². The molecule has 0 amide bonds. The van der Waals surface area contributed by atoms with E-state index in [-0.39, 0.29) is 0 Å². The zero-order valence-corrected chi connectivity index (χ0v) is 12.9. The van der Waals surface area contributed by atoms with E-state index >= 15 is 0 Å². The van der Waals surface area contributed by atoms with E-state index in [0.717, 1.165) is 4.47 Å². The number of hydrogen-bond donors (Lipinski definition) is 0. The van der Waals surface area contributed by atoms with Gasteiger partial charge < -0.3 is 4.74 Å². The molecule has 0 atom stereocenters. The lowest BCUT2D eigenvalue weighted by Crippen LogP contribution is -2.08. The Balaban J connectivity index is 2.21. The van der Waals surface area contributed by atoms with Gasteiger partial charge in [0.1, 0.15) is 5.75 Å². The SMILES string of the molecule is O=C(Oc1ccc(Cl)cc1Br)c1cccc(Br)c1. The number of carbonyl (C=O) groups is 1. The minimum atomic E-state index is -0.417. The van der Waals surface area contributed by atoms with Crippen molar-refractivity contribution >= 4 is 49.4 Å². The van der Waals surface area contributed by atoms with Gasteiger partial charge in [0.05, 0.1) is 10.0 Å². The number of carbonyl (C=O) groups excluding carboxylic acids is 1. The summed E-state index contributed by atoms with van der Waals surface area (Å²) in [4.78, 5) is 11.9. The number of ether oxygens (including phenoxy) is 1. The number of esters is 1. The second kappa shape index (κ2) is 5.87. The first-order valence-corrected chi connectivity index (χ1v) is 6.95. The molecule has 0 bridgehead atoms. The van der Waals surface area contributed by atoms with Crippen LogP contribution in [0.2, 0.25) is 5.02 Å². The Bertz CT molecular complexity index is 599. The van der Waals surface area contributed by atoms with Crippen LogP contribution in [0, 0.1) is 0 Å². The Hall–Kier alpha value is -0.840. The molecule has 0 unspecified atom stereocenters. The molecule has 0 aromatic heterocycles. The van der Waals surface area contributed by atoms with Gasteiger partial charge in [0.15, 0.2) is 0 Å². The highest BCUT2D eigenvalue weighted by Crippen LogP contribution is 2.28. The fraction of sp³-hybridized carbons (Fsp3) is 0. The van der Waals surface area contributed by atoms with Crippen molar-refractivity contribution in [1.29, 1.82) is 0 Å². The molecule has 0 saturated heterocycles. The van der Waals surface area contributed by atoms with Gasteiger partial charge in [-0.05, 0) is 52.3 Å². The van der Waals surface area contributed by atoms with Gasteiger partial charge in [-0.15, -0.1) is 0 Å². The molecule has 0 spiro atoms. The van der Waals surface area contributed by atoms with Crippen molar-refractivity contribution in [2.45, 2.75) is 0 Å². The van der Waals surface area contributed by atoms with Crippen molar-refractivity contribution in [3.63, 3.8) is 0 Å². The number of halogens is 3. The van der Waals surface area contributed by atoms with Gasteiger partial charge in [0.2, 0.25) is 0 Å². The largest absolute Gasteiger partial charge is 0.422 e. The lowest BCUT2D eigenvalue weighted by atomic mass is 10.2. The molecule has 2 aromatic rings. The summed E-state index contributed by atoms with van der Waals surface area (Å²) in [6.07, 6.45) is 0. The molecule has 0 heterocycles. The Morgan fingerprint density at radius 2 is 1.89 bits per heavy atom. The van der Waals surface area contributed by atoms with Crippen LogP contribution < -0.4 is 4.74 Å². The molecule has 0 aliphatic carbocycles. The van der Waals surface area contributed by atoms with Gasteiger partial charge in [-0.2, -0.15) is 0 Å². The molecule has 0 aliphatic heterocycles. The van der Waals surface area contributed by atoms with Gasteiger partial charge >= 0.3 is 5.97 Å². The molecule has 0 radical (unpaired) electrons. The van der Waals surface area contributed by atoms with Gasteiger partial charge in [-0.3, -0.25) is 0 Å². The highest BCUT2D eigenvalue weighted by atomic mass is 79.9. The van der Waals surface area contributed by atoms with Crippen molar-refractivity contribution in [2.75, 3.05) is 0 Å². The average Bonchev–Trinajstić information content (AvgIpc) is 2.32. The second-order valence-corrected chi connectivity index (χ2v) is 5.68. The van der Waals surface area contributed by atoms with Gasteiger partial charge in [0.25, 0.3) is 0 Å². The second-order valence-electron chi connectivity index (χ2n) is 3.47. The van der Waals surface area contributed by atoms with Crippen LogP contribution >= 0.6 is 43.5 Å². The van der Waals surface area contributed by atoms with Crippen molar-refractivity contribution in [1.82, 2.24) is 0 Å². The average molecular weight is 390 g/mol. The summed E-state index contributed by atoms with van der Waals surface area (Å²) in [7, 11) is 0. The van der Waals surface area contributed by atoms with E-state index in [0.29, 0.717) is 20.8 Å². The minimum absolute atomic E-state index is 0.417. The zero-order chi connectivity index (χ0) is 13.1. The highest BCUT2D eigenvalue weighted by Gasteiger charge is 2.11. The molecule has 2 rings (SSSR count). The molecule has 5 heteroatoms. The van der Waals surface area contributed by atoms with Crippen molar-refractivity contribution in [3.8, 4) is 5.75 Å². The number of hydrogen-bond acceptors (Lipinski definition) is 2. The van der Waals surface area contributed by atoms with Gasteiger partial charge in [-0.1, -0.05) is 33.6 Å². The predicted octanol–water partition coefficient (Wildman–Crippen LogP) is 5.08. The Labute approximate surface area is 126 Å². The van der Waals surface area contributed by atoms with E-state index in [2.05, 4.69) is 31.9 Å². The molecule has 0 fully saturated rings. The van der Waals surface area contributed by atoms with Crippen LogP contribution in [0.1, 0.15) is 10.4 Å². The minimum Gasteiger partial charge on any atom is -0.422 e. The van der Waals surface area contributed by atoms with Crippen molar-refractivity contribution in [3.05, 3.63) is 62.0 Å². The quantitative estimate of drug-likeness (QED) is 0.528. The van der Waals surface area contributed by atoms with E-state index in [1.165, 1.54) is 0 Å². The fourth-order valence-corrected chi connectivity index (χ4v) is 2.50. The van der Waals surface area contributed by atoms with Crippen molar-refractivity contribution < 1.29 is 9.53 Å². The summed E-state index contributed by atoms with van der Waals surface area (Å²) in [6.45, 7) is 0. The van der Waals surface area contributed by atoms with E-state index in [9.17, 15) is 4.79 Å². The fourth-order valence-electron chi connectivity index (χ4n) is 1.33. The maximum Gasteiger partial charge on any atom is 0.343 e. The monoisotopic (exact) mass is 388 g/mol. The summed E-state index contributed by atoms with van der Waals surface area (Å²) < 4.78 is 6.74. The first-order chi connectivity index (χ1) is 8.56. The predicted molar refractivity (Wildman–Crippen MR) is 78.3 cm³/mol. The third-order valence-corrected chi connectivity index (χ3v) is 3.50. The van der Waals surface area contributed by atoms with Gasteiger partial charge in [0, 0.05) is 9.50 Å². The summed E-state index contributed by atoms with van der Waals surface area (Å²) in [5.41, 5.74) is 0.478. The summed E-state index contributed by atoms with van der Waals surface area (Å²) >= 11 is 12.4. The molecule has 2 nitrogen and oxygen atoms in total. The Morgan fingerprint density at radius 3 is 2.56 bits per heavy atom. The highest BCUT2D eigenvalue weighted by molar-refractivity contribution is 9.10. The van der Waals surface area contributed by atoms with E-state index in [4.69, 9.17) is 16.3 Å². The van der Waals surface area contributed by atoms with E-state index in [1.807, 2.05) is 6.07 Å². The Kier molecular flexibility index (Phi) is 4.43. The standard InChI is InChI=1S/C13H7Br2ClO2/c14-9-3-1-2-8(6-9)13(17)18-12-5-4-10(16)7-11(12)15/h1-7H. The summed E-state index contributed by atoms with van der Waals surface area (Å²) in [5, 5.41) is 0.573. The molecule has 0 N–H and O–H groups in total. The molecule has 18 heavy (non-hydrogen) atoms. The molecule has 0 aliphatic rings. The van der Waals surface area contributed by atoms with Crippen LogP contribution in [-0.4, -0.2) is 5.97 Å². The summed E-state index contributed by atoms with van der Waals surface area (Å²) in [6, 6.07) is 12.0. The van der Waals surface area contributed by atoms with Crippen LogP contribution in [-0.2, 0) is 0 Å². The zero-order valence-electron chi connectivity index (χ0n) is 8.99. The lowest BCUT2D eigenvalue weighted by Gasteiger charge is -2.06. The van der Waals surface area contributed by atoms with Gasteiger partial charge in [-0.25, -0.2) is 4.79 Å². The number of benzene rings is 2. The third kappa shape index (κ3) is 3.34. The van der Waals surface area contributed by atoms with Crippen molar-refractivity contribution in [2.24, 2.45) is 0 Å². The van der Waals surface area contributed by atoms with E-state index in [1.54, 1.807) is 36.4 Å². The topological polar surface area (TPSA) is 26.3 Å². The smallest absolute Gasteiger partial charge is 0.343 e. The molecule has 92 valence electrons. The third-order valence-electron chi connectivity index (χ3n) is 2.16. The van der Waals surface area contributed by atoms with Crippen LogP contribution in [0.5, 0.6) is 5.75 Å². The summed E-state index contributed by atoms with van der Waals surface area (Å²) in [5.74, 6) is 0.0173. The molecule has 2 aromatic carbocycles. The normalized spacial score (nSPS) is 10.2. The molecular formula is C13H7Br2ClO2. The first-order valence-electron chi connectivity index (χ1n) is 4.99. The molecular weight excluding hydrogens is 383 g/mol. The van der Waals surface area contributed by atoms with Crippen LogP contribution in [0.4, 0.5) is 0 Å². The maximum absolute atomic E-state index is 11.9. The first kappa shape index (κ1) is 13.6. The number of rotatable bonds is 2. The Morgan fingerprint density at radius 1 is 1.11 bits per heavy atom. The maximum atomic E-state index is 11.9. The van der Waals surface area contributed by atoms with Crippen LogP contribution in [0.25, 0.3) is 0 Å². The van der Waals surface area contributed by atoms with Crippen LogP contribution in [0.15, 0.2) is 51.4 Å². The molecule has 0 saturated carbocycles. The van der Waals surface area contributed by atoms with Crippen LogP contribution in [0.3, 0.4) is 0 Å². The lowest BCUT2D eigenvalue weighted by molar-refractivity contribution is 0.0733.